The lowest BCUT2D eigenvalue weighted by Gasteiger charge is -2.08. The van der Waals surface area contributed by atoms with E-state index >= 15 is 0 Å². The molecule has 1 amide bonds. The molecule has 3 rings (SSSR count). The van der Waals surface area contributed by atoms with Crippen LogP contribution >= 0.6 is 11.6 Å². The molecule has 0 saturated heterocycles. The van der Waals surface area contributed by atoms with Crippen molar-refractivity contribution in [2.75, 3.05) is 11.9 Å². The van der Waals surface area contributed by atoms with Crippen molar-refractivity contribution in [2.45, 2.75) is 33.3 Å². The van der Waals surface area contributed by atoms with Gasteiger partial charge >= 0.3 is 0 Å². The van der Waals surface area contributed by atoms with Gasteiger partial charge in [-0.3, -0.25) is 4.79 Å². The van der Waals surface area contributed by atoms with Crippen LogP contribution in [0.4, 0.5) is 5.69 Å². The first-order chi connectivity index (χ1) is 15.0. The maximum atomic E-state index is 11.9. The fourth-order valence-electron chi connectivity index (χ4n) is 2.93. The van der Waals surface area contributed by atoms with E-state index in [0.717, 1.165) is 16.8 Å². The van der Waals surface area contributed by atoms with Crippen molar-refractivity contribution in [3.05, 3.63) is 82.1 Å². The monoisotopic (exact) mass is 439 g/mol. The largest absolute Gasteiger partial charge is 0.460 e. The van der Waals surface area contributed by atoms with Crippen molar-refractivity contribution in [3.8, 4) is 5.95 Å². The van der Waals surface area contributed by atoms with E-state index in [9.17, 15) is 4.79 Å². The predicted octanol–water partition coefficient (Wildman–Crippen LogP) is 5.47. The summed E-state index contributed by atoms with van der Waals surface area (Å²) in [6.45, 7) is 5.05. The number of carbonyl (C=O) groups is 1. The third-order valence-corrected chi connectivity index (χ3v) is 4.98. The van der Waals surface area contributed by atoms with E-state index in [1.54, 1.807) is 12.1 Å². The van der Waals surface area contributed by atoms with Crippen LogP contribution in [0.1, 0.15) is 35.3 Å². The molecule has 0 aliphatic carbocycles. The van der Waals surface area contributed by atoms with Gasteiger partial charge in [0, 0.05) is 35.3 Å². The number of halogens is 1. The molecule has 162 valence electrons. The fraction of sp³-hybridized carbons (Fsp3) is 0.250. The van der Waals surface area contributed by atoms with Gasteiger partial charge in [0.15, 0.2) is 5.76 Å². The van der Waals surface area contributed by atoms with E-state index < -0.39 is 0 Å². The Hall–Kier alpha value is -3.25. The molecule has 0 aliphatic heterocycles. The van der Waals surface area contributed by atoms with Crippen LogP contribution in [0.15, 0.2) is 64.1 Å². The first-order valence-electron chi connectivity index (χ1n) is 10.1. The fourth-order valence-corrected chi connectivity index (χ4v) is 3.21. The van der Waals surface area contributed by atoms with Crippen molar-refractivity contribution < 1.29 is 13.9 Å². The molecular formula is C24H26ClN3O3. The molecule has 1 heterocycles. The van der Waals surface area contributed by atoms with Crippen LogP contribution < -0.4 is 15.5 Å². The molecular weight excluding hydrogens is 414 g/mol. The van der Waals surface area contributed by atoms with Crippen LogP contribution in [0.25, 0.3) is 0 Å². The summed E-state index contributed by atoms with van der Waals surface area (Å²) in [5, 5.41) is 7.89. The zero-order valence-corrected chi connectivity index (χ0v) is 18.4. The highest BCUT2D eigenvalue weighted by Crippen LogP contribution is 2.22. The number of hydrogen-bond acceptors (Lipinski definition) is 5. The molecule has 31 heavy (non-hydrogen) atoms. The van der Waals surface area contributed by atoms with Crippen LogP contribution in [-0.4, -0.2) is 18.7 Å². The Balaban J connectivity index is 1.37. The first-order valence-corrected chi connectivity index (χ1v) is 10.5. The lowest BCUT2D eigenvalue weighted by molar-refractivity contribution is -0.121. The maximum Gasteiger partial charge on any atom is 0.285 e. The molecule has 0 saturated carbocycles. The summed E-state index contributed by atoms with van der Waals surface area (Å²) in [7, 11) is 0. The number of aryl methyl sites for hydroxylation is 2. The van der Waals surface area contributed by atoms with Gasteiger partial charge in [0.05, 0.1) is 6.21 Å². The first kappa shape index (κ1) is 22.4. The van der Waals surface area contributed by atoms with Crippen LogP contribution in [-0.2, 0) is 11.4 Å². The number of nitrogens with one attached hydrogen (secondary N) is 2. The minimum absolute atomic E-state index is 0.153. The van der Waals surface area contributed by atoms with Gasteiger partial charge < -0.3 is 14.5 Å². The van der Waals surface area contributed by atoms with Gasteiger partial charge in [0.25, 0.3) is 5.95 Å². The van der Waals surface area contributed by atoms with E-state index in [0.29, 0.717) is 42.7 Å². The van der Waals surface area contributed by atoms with Gasteiger partial charge in [-0.2, -0.15) is 5.10 Å². The number of hydrogen-bond donors (Lipinski definition) is 2. The van der Waals surface area contributed by atoms with E-state index in [1.807, 2.05) is 50.2 Å². The van der Waals surface area contributed by atoms with Gasteiger partial charge in [0.1, 0.15) is 6.61 Å². The van der Waals surface area contributed by atoms with Crippen molar-refractivity contribution >= 4 is 29.4 Å². The van der Waals surface area contributed by atoms with Crippen molar-refractivity contribution in [1.82, 2.24) is 5.43 Å². The van der Waals surface area contributed by atoms with Crippen LogP contribution in [0.2, 0.25) is 5.02 Å². The summed E-state index contributed by atoms with van der Waals surface area (Å²) in [5.74, 6) is 0.682. The Labute approximate surface area is 187 Å². The number of carbonyl (C=O) groups excluding carboxylic acids is 1. The average Bonchev–Trinajstić information content (AvgIpc) is 3.19. The highest BCUT2D eigenvalue weighted by Gasteiger charge is 2.07. The predicted molar refractivity (Wildman–Crippen MR) is 124 cm³/mol. The molecule has 0 spiro atoms. The molecule has 0 unspecified atom stereocenters. The summed E-state index contributed by atoms with van der Waals surface area (Å²) in [6, 6.07) is 17.3. The molecule has 1 aromatic heterocycles. The minimum atomic E-state index is -0.153. The number of ether oxygens (including phenoxy) is 1. The summed E-state index contributed by atoms with van der Waals surface area (Å²) in [6.07, 6.45) is 2.52. The normalized spacial score (nSPS) is 10.9. The molecule has 0 atom stereocenters. The Morgan fingerprint density at radius 1 is 1.16 bits per heavy atom. The van der Waals surface area contributed by atoms with Crippen LogP contribution in [0, 0.1) is 13.8 Å². The lowest BCUT2D eigenvalue weighted by Crippen LogP contribution is -2.18. The third-order valence-electron chi connectivity index (χ3n) is 4.62. The number of rotatable bonds is 10. The van der Waals surface area contributed by atoms with E-state index in [4.69, 9.17) is 20.8 Å². The van der Waals surface area contributed by atoms with Gasteiger partial charge in [-0.15, -0.1) is 0 Å². The zero-order chi connectivity index (χ0) is 22.1. The smallest absolute Gasteiger partial charge is 0.285 e. The second-order valence-corrected chi connectivity index (χ2v) is 7.58. The van der Waals surface area contributed by atoms with E-state index in [2.05, 4.69) is 21.9 Å². The summed E-state index contributed by atoms with van der Waals surface area (Å²) < 4.78 is 11.2. The second kappa shape index (κ2) is 11.2. The minimum Gasteiger partial charge on any atom is -0.460 e. The number of benzene rings is 2. The van der Waals surface area contributed by atoms with Crippen LogP contribution in [0.5, 0.6) is 5.95 Å². The summed E-state index contributed by atoms with van der Waals surface area (Å²) >= 11 is 6.21. The molecule has 6 nitrogen and oxygen atoms in total. The van der Waals surface area contributed by atoms with Gasteiger partial charge in [-0.05, 0) is 55.7 Å². The van der Waals surface area contributed by atoms with Crippen molar-refractivity contribution in [1.29, 1.82) is 0 Å². The van der Waals surface area contributed by atoms with Crippen molar-refractivity contribution in [2.24, 2.45) is 5.10 Å². The molecule has 2 N–H and O–H groups in total. The van der Waals surface area contributed by atoms with Crippen LogP contribution in [0.3, 0.4) is 0 Å². The Morgan fingerprint density at radius 2 is 2.00 bits per heavy atom. The lowest BCUT2D eigenvalue weighted by atomic mass is 10.1. The van der Waals surface area contributed by atoms with E-state index in [1.165, 1.54) is 11.8 Å². The summed E-state index contributed by atoms with van der Waals surface area (Å²) in [4.78, 5) is 11.9. The molecule has 0 aliphatic rings. The molecule has 0 fully saturated rings. The average molecular weight is 440 g/mol. The maximum absolute atomic E-state index is 11.9. The molecule has 2 aromatic carbocycles. The number of nitrogens with zero attached hydrogens (tertiary/aromatic N) is 1. The number of anilines is 1. The Morgan fingerprint density at radius 3 is 2.81 bits per heavy atom. The summed E-state index contributed by atoms with van der Waals surface area (Å²) in [5.41, 5.74) is 6.73. The Kier molecular flexibility index (Phi) is 8.12. The number of hydrazone groups is 1. The SMILES string of the molecule is Cc1cccc(NCCCC(=O)N/N=C/c2ccc(OCc3c(C)cccc3Cl)o2)c1. The molecule has 0 bridgehead atoms. The van der Waals surface area contributed by atoms with Gasteiger partial charge in [0.2, 0.25) is 5.91 Å². The molecule has 3 aromatic rings. The number of amides is 1. The highest BCUT2D eigenvalue weighted by molar-refractivity contribution is 6.31. The van der Waals surface area contributed by atoms with Crippen molar-refractivity contribution in [3.63, 3.8) is 0 Å². The highest BCUT2D eigenvalue weighted by atomic mass is 35.5. The third kappa shape index (κ3) is 7.19. The quantitative estimate of drug-likeness (QED) is 0.249. The topological polar surface area (TPSA) is 75.9 Å². The standard InChI is InChI=1S/C24H26ClN3O3/c1-17-6-3-8-19(14-17)26-13-5-10-23(29)28-27-15-20-11-12-24(31-20)30-16-21-18(2)7-4-9-22(21)25/h3-4,6-9,11-12,14-15,26H,5,10,13,16H2,1-2H3,(H,28,29)/b27-15+. The molecule has 7 heteroatoms. The van der Waals surface area contributed by atoms with Gasteiger partial charge in [-0.1, -0.05) is 35.9 Å². The van der Waals surface area contributed by atoms with E-state index in [-0.39, 0.29) is 5.91 Å². The zero-order valence-electron chi connectivity index (χ0n) is 17.7. The van der Waals surface area contributed by atoms with Gasteiger partial charge in [-0.25, -0.2) is 5.43 Å². The second-order valence-electron chi connectivity index (χ2n) is 7.17. The Bertz CT molecular complexity index is 1030. The number of furan rings is 1. The molecule has 0 radical (unpaired) electrons.